The molecule has 0 saturated carbocycles. The van der Waals surface area contributed by atoms with E-state index >= 15 is 0 Å². The van der Waals surface area contributed by atoms with Crippen LogP contribution in [0.3, 0.4) is 0 Å². The summed E-state index contributed by atoms with van der Waals surface area (Å²) in [5.74, 6) is -2.28. The number of anilines is 1. The van der Waals surface area contributed by atoms with Crippen molar-refractivity contribution in [2.45, 2.75) is 32.2 Å². The third kappa shape index (κ3) is 4.77. The summed E-state index contributed by atoms with van der Waals surface area (Å²) in [6, 6.07) is 6.24. The molecular weight excluding hydrogens is 418 g/mol. The third-order valence-corrected chi connectivity index (χ3v) is 6.61. The predicted molar refractivity (Wildman–Crippen MR) is 119 cm³/mol. The number of hydrogen-bond acceptors (Lipinski definition) is 4. The van der Waals surface area contributed by atoms with Crippen LogP contribution in [0.4, 0.5) is 5.69 Å². The monoisotopic (exact) mass is 447 g/mol. The first kappa shape index (κ1) is 23.3. The Hall–Kier alpha value is -2.38. The summed E-state index contributed by atoms with van der Waals surface area (Å²) in [4.78, 5) is 41.1. The molecule has 0 aromatic heterocycles. The second-order valence-corrected chi connectivity index (χ2v) is 8.62. The van der Waals surface area contributed by atoms with E-state index in [0.717, 1.165) is 6.42 Å². The molecule has 0 spiro atoms. The summed E-state index contributed by atoms with van der Waals surface area (Å²) in [7, 11) is 1.57. The number of halogens is 1. The zero-order valence-electron chi connectivity index (χ0n) is 17.9. The minimum Gasteiger partial charge on any atom is -0.396 e. The van der Waals surface area contributed by atoms with Crippen LogP contribution in [0.2, 0.25) is 5.02 Å². The Kier molecular flexibility index (Phi) is 7.73. The van der Waals surface area contributed by atoms with Gasteiger partial charge in [0.15, 0.2) is 0 Å². The highest BCUT2D eigenvalue weighted by atomic mass is 35.5. The fraction of sp³-hybridized carbons (Fsp3) is 0.522. The highest BCUT2D eigenvalue weighted by molar-refractivity contribution is 6.33. The van der Waals surface area contributed by atoms with E-state index in [1.54, 1.807) is 36.2 Å². The van der Waals surface area contributed by atoms with Crippen molar-refractivity contribution >= 4 is 35.0 Å². The molecule has 168 valence electrons. The van der Waals surface area contributed by atoms with E-state index in [2.05, 4.69) is 10.6 Å². The van der Waals surface area contributed by atoms with E-state index in [1.807, 2.05) is 19.1 Å². The van der Waals surface area contributed by atoms with Gasteiger partial charge in [-0.15, -0.1) is 0 Å². The number of carbonyl (C=O) groups excluding carboxylic acids is 3. The van der Waals surface area contributed by atoms with Gasteiger partial charge in [-0.25, -0.2) is 0 Å². The lowest BCUT2D eigenvalue weighted by atomic mass is 9.70. The number of amides is 3. The molecule has 8 heteroatoms. The van der Waals surface area contributed by atoms with Crippen LogP contribution in [0.1, 0.15) is 26.2 Å². The van der Waals surface area contributed by atoms with Crippen molar-refractivity contribution in [3.63, 3.8) is 0 Å². The number of nitrogens with one attached hydrogen (secondary N) is 2. The van der Waals surface area contributed by atoms with E-state index in [0.29, 0.717) is 30.1 Å². The van der Waals surface area contributed by atoms with Gasteiger partial charge in [0.2, 0.25) is 17.7 Å². The van der Waals surface area contributed by atoms with Crippen molar-refractivity contribution in [1.82, 2.24) is 10.2 Å². The van der Waals surface area contributed by atoms with Gasteiger partial charge in [-0.05, 0) is 37.3 Å². The molecule has 31 heavy (non-hydrogen) atoms. The number of fused-ring (bicyclic) bond motifs is 1. The highest BCUT2D eigenvalue weighted by Crippen LogP contribution is 2.44. The molecule has 1 aliphatic carbocycles. The molecule has 3 N–H and O–H groups in total. The van der Waals surface area contributed by atoms with Crippen LogP contribution in [0.25, 0.3) is 0 Å². The van der Waals surface area contributed by atoms with E-state index in [4.69, 9.17) is 16.7 Å². The molecule has 0 unspecified atom stereocenters. The zero-order valence-corrected chi connectivity index (χ0v) is 18.6. The quantitative estimate of drug-likeness (QED) is 0.421. The first-order valence-electron chi connectivity index (χ1n) is 10.8. The number of nitrogens with zero attached hydrogens (tertiary/aromatic N) is 1. The molecule has 3 rings (SSSR count). The maximum atomic E-state index is 13.5. The summed E-state index contributed by atoms with van der Waals surface area (Å²) >= 11 is 6.21. The van der Waals surface area contributed by atoms with Gasteiger partial charge < -0.3 is 20.6 Å². The maximum Gasteiger partial charge on any atom is 0.247 e. The molecule has 7 nitrogen and oxygen atoms in total. The Morgan fingerprint density at radius 3 is 2.55 bits per heavy atom. The fourth-order valence-electron chi connectivity index (χ4n) is 4.74. The average molecular weight is 448 g/mol. The Morgan fingerprint density at radius 1 is 1.13 bits per heavy atom. The number of rotatable bonds is 8. The summed E-state index contributed by atoms with van der Waals surface area (Å²) in [6.45, 7) is 2.41. The van der Waals surface area contributed by atoms with E-state index in [1.165, 1.54) is 0 Å². The smallest absolute Gasteiger partial charge is 0.247 e. The molecule has 1 heterocycles. The van der Waals surface area contributed by atoms with Crippen molar-refractivity contribution in [3.05, 3.63) is 41.4 Å². The number of carbonyl (C=O) groups is 3. The van der Waals surface area contributed by atoms with Crippen molar-refractivity contribution in [2.24, 2.45) is 23.7 Å². The second kappa shape index (κ2) is 10.3. The summed E-state index contributed by atoms with van der Waals surface area (Å²) in [5, 5.41) is 15.0. The summed E-state index contributed by atoms with van der Waals surface area (Å²) < 4.78 is 0. The molecule has 3 amide bonds. The van der Waals surface area contributed by atoms with Gasteiger partial charge in [-0.2, -0.15) is 0 Å². The lowest BCUT2D eigenvalue weighted by Gasteiger charge is -2.32. The molecule has 2 aliphatic rings. The lowest BCUT2D eigenvalue weighted by molar-refractivity contribution is -0.140. The minimum atomic E-state index is -0.723. The molecule has 0 radical (unpaired) electrons. The standard InChI is InChI=1S/C23H30ClN3O4/c1-14-10-11-15-19(18(14)21(29)25-2)23(31)27(12-6-3-7-13-28)20(15)22(30)26-17-9-5-4-8-16(17)24/h4-5,8-11,14-15,18-20,28H,3,6-7,12-13H2,1-2H3,(H,25,29)(H,26,30)/t14-,15+,18-,19-,20+/m1/s1. The number of unbranched alkanes of at least 4 members (excludes halogenated alkanes) is 2. The molecule has 1 fully saturated rings. The third-order valence-electron chi connectivity index (χ3n) is 6.28. The van der Waals surface area contributed by atoms with Crippen LogP contribution in [-0.4, -0.2) is 54.0 Å². The van der Waals surface area contributed by atoms with Crippen molar-refractivity contribution in [1.29, 1.82) is 0 Å². The Bertz CT molecular complexity index is 859. The van der Waals surface area contributed by atoms with Gasteiger partial charge in [0.1, 0.15) is 6.04 Å². The Morgan fingerprint density at radius 2 is 1.87 bits per heavy atom. The number of likely N-dealkylation sites (tertiary alicyclic amines) is 1. The van der Waals surface area contributed by atoms with Crippen molar-refractivity contribution < 1.29 is 19.5 Å². The van der Waals surface area contributed by atoms with E-state index < -0.39 is 23.8 Å². The average Bonchev–Trinajstić information content (AvgIpc) is 3.04. The van der Waals surface area contributed by atoms with Crippen LogP contribution < -0.4 is 10.6 Å². The number of allylic oxidation sites excluding steroid dienone is 1. The Balaban J connectivity index is 1.91. The van der Waals surface area contributed by atoms with Crippen LogP contribution in [0, 0.1) is 23.7 Å². The molecule has 1 aromatic carbocycles. The second-order valence-electron chi connectivity index (χ2n) is 8.22. The van der Waals surface area contributed by atoms with Gasteiger partial charge in [0.25, 0.3) is 0 Å². The number of hydrogen-bond donors (Lipinski definition) is 3. The van der Waals surface area contributed by atoms with Crippen LogP contribution in [-0.2, 0) is 14.4 Å². The van der Waals surface area contributed by atoms with Crippen LogP contribution >= 0.6 is 11.6 Å². The molecule has 1 saturated heterocycles. The van der Waals surface area contributed by atoms with E-state index in [-0.39, 0.29) is 30.2 Å². The first-order valence-corrected chi connectivity index (χ1v) is 11.1. The molecule has 5 atom stereocenters. The topological polar surface area (TPSA) is 98.7 Å². The van der Waals surface area contributed by atoms with E-state index in [9.17, 15) is 14.4 Å². The largest absolute Gasteiger partial charge is 0.396 e. The molecule has 0 bridgehead atoms. The summed E-state index contributed by atoms with van der Waals surface area (Å²) in [5.41, 5.74) is 0.487. The lowest BCUT2D eigenvalue weighted by Crippen LogP contribution is -2.45. The molecule has 1 aromatic rings. The van der Waals surface area contributed by atoms with Crippen molar-refractivity contribution in [3.8, 4) is 0 Å². The normalized spacial score (nSPS) is 27.2. The first-order chi connectivity index (χ1) is 14.9. The molecule has 1 aliphatic heterocycles. The van der Waals surface area contributed by atoms with Gasteiger partial charge in [0, 0.05) is 26.1 Å². The number of para-hydroxylation sites is 1. The zero-order chi connectivity index (χ0) is 22.5. The van der Waals surface area contributed by atoms with Crippen LogP contribution in [0.5, 0.6) is 0 Å². The van der Waals surface area contributed by atoms with Gasteiger partial charge in [-0.1, -0.05) is 42.8 Å². The number of benzene rings is 1. The fourth-order valence-corrected chi connectivity index (χ4v) is 4.92. The SMILES string of the molecule is CNC(=O)[C@H]1[C@@H]2C(=O)N(CCCCCO)[C@H](C(=O)Nc3ccccc3Cl)[C@H]2C=C[C@H]1C. The predicted octanol–water partition coefficient (Wildman–Crippen LogP) is 2.45. The van der Waals surface area contributed by atoms with Gasteiger partial charge >= 0.3 is 0 Å². The number of aliphatic hydroxyl groups is 1. The van der Waals surface area contributed by atoms with Crippen molar-refractivity contribution in [2.75, 3.05) is 25.5 Å². The van der Waals surface area contributed by atoms with Gasteiger partial charge in [-0.3, -0.25) is 14.4 Å². The maximum absolute atomic E-state index is 13.5. The molecular formula is C23H30ClN3O4. The number of aliphatic hydroxyl groups excluding tert-OH is 1. The summed E-state index contributed by atoms with van der Waals surface area (Å²) in [6.07, 6.45) is 5.91. The Labute approximate surface area is 187 Å². The van der Waals surface area contributed by atoms with Gasteiger partial charge in [0.05, 0.1) is 22.5 Å². The highest BCUT2D eigenvalue weighted by Gasteiger charge is 2.56. The minimum absolute atomic E-state index is 0.0919. The van der Waals surface area contributed by atoms with Crippen LogP contribution in [0.15, 0.2) is 36.4 Å².